The second-order valence-corrected chi connectivity index (χ2v) is 6.45. The van der Waals surface area contributed by atoms with E-state index < -0.39 is 9.84 Å². The normalized spacial score (nSPS) is 11.4. The van der Waals surface area contributed by atoms with Gasteiger partial charge in [-0.2, -0.15) is 0 Å². The van der Waals surface area contributed by atoms with Gasteiger partial charge in [0.2, 0.25) is 15.0 Å². The lowest BCUT2D eigenvalue weighted by atomic mass is 10.1. The van der Waals surface area contributed by atoms with E-state index in [1.54, 1.807) is 0 Å². The quantitative estimate of drug-likeness (QED) is 0.785. The van der Waals surface area contributed by atoms with Gasteiger partial charge in [-0.05, 0) is 30.9 Å². The number of hydrogen-bond donors (Lipinski definition) is 0. The van der Waals surface area contributed by atoms with Crippen molar-refractivity contribution in [3.05, 3.63) is 53.9 Å². The van der Waals surface area contributed by atoms with Gasteiger partial charge >= 0.3 is 0 Å². The maximum atomic E-state index is 12.0. The average molecular weight is 276 g/mol. The molecule has 1 aromatic carbocycles. The summed E-state index contributed by atoms with van der Waals surface area (Å²) in [6.45, 7) is 1.83. The summed E-state index contributed by atoms with van der Waals surface area (Å²) in [4.78, 5) is 7.75. The lowest BCUT2D eigenvalue weighted by molar-refractivity contribution is 0.584. The van der Waals surface area contributed by atoms with Crippen LogP contribution in [0, 0.1) is 6.92 Å². The van der Waals surface area contributed by atoms with Gasteiger partial charge in [-0.1, -0.05) is 30.3 Å². The molecule has 4 nitrogen and oxygen atoms in total. The molecular weight excluding hydrogens is 260 g/mol. The molecule has 1 aromatic heterocycles. The molecule has 0 unspecified atom stereocenters. The highest BCUT2D eigenvalue weighted by atomic mass is 32.2. The zero-order valence-electron chi connectivity index (χ0n) is 10.8. The molecule has 5 heteroatoms. The van der Waals surface area contributed by atoms with E-state index in [2.05, 4.69) is 9.97 Å². The molecule has 19 heavy (non-hydrogen) atoms. The molecule has 0 fully saturated rings. The van der Waals surface area contributed by atoms with Crippen LogP contribution in [-0.2, 0) is 16.3 Å². The minimum atomic E-state index is -3.37. The van der Waals surface area contributed by atoms with Gasteiger partial charge in [0, 0.05) is 12.4 Å². The van der Waals surface area contributed by atoms with E-state index in [1.165, 1.54) is 12.4 Å². The largest absolute Gasteiger partial charge is 0.247 e. The van der Waals surface area contributed by atoms with Crippen molar-refractivity contribution < 1.29 is 8.42 Å². The summed E-state index contributed by atoms with van der Waals surface area (Å²) in [7, 11) is -3.37. The second-order valence-electron chi connectivity index (χ2n) is 4.45. The highest BCUT2D eigenvalue weighted by Gasteiger charge is 2.16. The molecule has 1 heterocycles. The number of aryl methyl sites for hydroxylation is 2. The van der Waals surface area contributed by atoms with E-state index in [9.17, 15) is 8.42 Å². The first-order chi connectivity index (χ1) is 9.08. The number of benzene rings is 1. The van der Waals surface area contributed by atoms with Crippen LogP contribution in [0.1, 0.15) is 17.5 Å². The molecule has 0 aliphatic carbocycles. The molecular formula is C14H16N2O2S. The highest BCUT2D eigenvalue weighted by molar-refractivity contribution is 7.91. The van der Waals surface area contributed by atoms with E-state index in [4.69, 9.17) is 0 Å². The Labute approximate surface area is 113 Å². The van der Waals surface area contributed by atoms with Crippen LogP contribution in [0.3, 0.4) is 0 Å². The maximum Gasteiger partial charge on any atom is 0.247 e. The highest BCUT2D eigenvalue weighted by Crippen LogP contribution is 2.09. The molecule has 0 amide bonds. The molecule has 2 rings (SSSR count). The van der Waals surface area contributed by atoms with Crippen LogP contribution >= 0.6 is 0 Å². The van der Waals surface area contributed by atoms with Gasteiger partial charge in [0.05, 0.1) is 5.75 Å². The molecule has 0 aliphatic rings. The van der Waals surface area contributed by atoms with Crippen LogP contribution in [-0.4, -0.2) is 24.1 Å². The molecule has 0 saturated carbocycles. The molecule has 0 aliphatic heterocycles. The van der Waals surface area contributed by atoms with Crippen LogP contribution in [0.2, 0.25) is 0 Å². The van der Waals surface area contributed by atoms with Crippen molar-refractivity contribution in [3.63, 3.8) is 0 Å². The summed E-state index contributed by atoms with van der Waals surface area (Å²) in [5, 5.41) is -0.0776. The van der Waals surface area contributed by atoms with Crippen molar-refractivity contribution in [1.82, 2.24) is 9.97 Å². The summed E-state index contributed by atoms with van der Waals surface area (Å²) in [5.74, 6) is 0.0744. The molecule has 0 spiro atoms. The first-order valence-corrected chi connectivity index (χ1v) is 7.78. The fourth-order valence-electron chi connectivity index (χ4n) is 1.74. The zero-order valence-corrected chi connectivity index (χ0v) is 11.6. The van der Waals surface area contributed by atoms with Gasteiger partial charge < -0.3 is 0 Å². The summed E-state index contributed by atoms with van der Waals surface area (Å²) in [6.07, 6.45) is 4.36. The van der Waals surface area contributed by atoms with Crippen molar-refractivity contribution in [1.29, 1.82) is 0 Å². The Bertz CT molecular complexity index is 622. The number of sulfone groups is 1. The van der Waals surface area contributed by atoms with Gasteiger partial charge in [-0.25, -0.2) is 18.4 Å². The fraction of sp³-hybridized carbons (Fsp3) is 0.286. The first-order valence-electron chi connectivity index (χ1n) is 6.13. The zero-order chi connectivity index (χ0) is 13.7. The van der Waals surface area contributed by atoms with E-state index in [0.29, 0.717) is 6.42 Å². The Morgan fingerprint density at radius 2 is 1.68 bits per heavy atom. The maximum absolute atomic E-state index is 12.0. The average Bonchev–Trinajstić information content (AvgIpc) is 2.40. The van der Waals surface area contributed by atoms with E-state index >= 15 is 0 Å². The predicted molar refractivity (Wildman–Crippen MR) is 73.6 cm³/mol. The van der Waals surface area contributed by atoms with Crippen molar-refractivity contribution in [2.45, 2.75) is 24.9 Å². The molecule has 0 N–H and O–H groups in total. The molecule has 0 radical (unpaired) electrons. The van der Waals surface area contributed by atoms with Crippen LogP contribution in [0.15, 0.2) is 47.9 Å². The summed E-state index contributed by atoms with van der Waals surface area (Å²) >= 11 is 0. The summed E-state index contributed by atoms with van der Waals surface area (Å²) in [6, 6.07) is 9.84. The smallest absolute Gasteiger partial charge is 0.227 e. The van der Waals surface area contributed by atoms with Crippen LogP contribution in [0.25, 0.3) is 0 Å². The van der Waals surface area contributed by atoms with Gasteiger partial charge in [-0.3, -0.25) is 0 Å². The summed E-state index contributed by atoms with van der Waals surface area (Å²) < 4.78 is 24.0. The number of aromatic nitrogens is 2. The van der Waals surface area contributed by atoms with Gasteiger partial charge in [0.25, 0.3) is 0 Å². The van der Waals surface area contributed by atoms with Gasteiger partial charge in [0.1, 0.15) is 0 Å². The SMILES string of the molecule is Cc1cnc(S(=O)(=O)CCCc2ccccc2)nc1. The van der Waals surface area contributed by atoms with Crippen molar-refractivity contribution in [2.24, 2.45) is 0 Å². The van der Waals surface area contributed by atoms with Crippen molar-refractivity contribution >= 4 is 9.84 Å². The molecule has 100 valence electrons. The second kappa shape index (κ2) is 5.93. The van der Waals surface area contributed by atoms with E-state index in [1.807, 2.05) is 37.3 Å². The van der Waals surface area contributed by atoms with Crippen LogP contribution in [0.4, 0.5) is 0 Å². The van der Waals surface area contributed by atoms with Crippen molar-refractivity contribution in [3.8, 4) is 0 Å². The Kier molecular flexibility index (Phi) is 4.27. The monoisotopic (exact) mass is 276 g/mol. The number of nitrogens with zero attached hydrogens (tertiary/aromatic N) is 2. The molecule has 0 bridgehead atoms. The Hall–Kier alpha value is -1.75. The van der Waals surface area contributed by atoms with Crippen molar-refractivity contribution in [2.75, 3.05) is 5.75 Å². The third-order valence-electron chi connectivity index (χ3n) is 2.76. The standard InChI is InChI=1S/C14H16N2O2S/c1-12-10-15-14(16-11-12)19(17,18)9-5-8-13-6-3-2-4-7-13/h2-4,6-7,10-11H,5,8-9H2,1H3. The summed E-state index contributed by atoms with van der Waals surface area (Å²) in [5.41, 5.74) is 1.99. The van der Waals surface area contributed by atoms with E-state index in [-0.39, 0.29) is 10.9 Å². The number of hydrogen-bond acceptors (Lipinski definition) is 4. The topological polar surface area (TPSA) is 59.9 Å². The first kappa shape index (κ1) is 13.7. The van der Waals surface area contributed by atoms with Gasteiger partial charge in [-0.15, -0.1) is 0 Å². The molecule has 2 aromatic rings. The molecule has 0 saturated heterocycles. The number of rotatable bonds is 5. The minimum absolute atomic E-state index is 0.0744. The lowest BCUT2D eigenvalue weighted by Crippen LogP contribution is -2.11. The molecule has 0 atom stereocenters. The van der Waals surface area contributed by atoms with Gasteiger partial charge in [0.15, 0.2) is 0 Å². The third kappa shape index (κ3) is 3.86. The third-order valence-corrected chi connectivity index (χ3v) is 4.35. The van der Waals surface area contributed by atoms with E-state index in [0.717, 1.165) is 17.5 Å². The Balaban J connectivity index is 1.97. The minimum Gasteiger partial charge on any atom is -0.227 e. The van der Waals surface area contributed by atoms with Crippen LogP contribution in [0.5, 0.6) is 0 Å². The Morgan fingerprint density at radius 3 is 2.32 bits per heavy atom. The predicted octanol–water partition coefficient (Wildman–Crippen LogP) is 2.19. The Morgan fingerprint density at radius 1 is 1.05 bits per heavy atom. The lowest BCUT2D eigenvalue weighted by Gasteiger charge is -2.03. The van der Waals surface area contributed by atoms with Crippen LogP contribution < -0.4 is 0 Å². The fourth-order valence-corrected chi connectivity index (χ4v) is 2.88.